The number of phenolic OH excluding ortho intramolecular Hbond substituents is 15. The lowest BCUT2D eigenvalue weighted by atomic mass is 9.70. The largest absolute Gasteiger partial charge is 0.508 e. The Labute approximate surface area is 770 Å². The summed E-state index contributed by atoms with van der Waals surface area (Å²) in [7, 11) is 0. The molecular weight excluding hydrogens is 1650 g/mol. The van der Waals surface area contributed by atoms with Crippen molar-refractivity contribution in [1.29, 1.82) is 0 Å². The van der Waals surface area contributed by atoms with Gasteiger partial charge >= 0.3 is 0 Å². The molecule has 0 heterocycles. The molecule has 0 aliphatic carbocycles. The minimum atomic E-state index is -0.470. The second-order valence-corrected chi connectivity index (χ2v) is 34.2. The molecule has 0 spiro atoms. The molecular formula is C117H108O15. The summed E-state index contributed by atoms with van der Waals surface area (Å²) in [5, 5.41) is 149. The average molecular weight is 1750 g/mol. The first-order chi connectivity index (χ1) is 63.2. The summed E-state index contributed by atoms with van der Waals surface area (Å²) in [6, 6.07) is 119. The second-order valence-electron chi connectivity index (χ2n) is 34.2. The molecule has 0 saturated heterocycles. The van der Waals surface area contributed by atoms with Gasteiger partial charge < -0.3 is 76.6 Å². The molecule has 17 aromatic rings. The van der Waals surface area contributed by atoms with Crippen LogP contribution in [0.2, 0.25) is 0 Å². The summed E-state index contributed by atoms with van der Waals surface area (Å²) < 4.78 is 0. The number of rotatable bonds is 19. The van der Waals surface area contributed by atoms with Crippen LogP contribution < -0.4 is 0 Å². The Morgan fingerprint density at radius 2 is 0.318 bits per heavy atom. The van der Waals surface area contributed by atoms with Crippen molar-refractivity contribution in [3.63, 3.8) is 0 Å². The molecule has 0 fully saturated rings. The number of hydrogen-bond donors (Lipinski definition) is 15. The zero-order valence-electron chi connectivity index (χ0n) is 74.5. The van der Waals surface area contributed by atoms with Crippen LogP contribution in [0.5, 0.6) is 86.2 Å². The van der Waals surface area contributed by atoms with E-state index in [1.165, 1.54) is 5.56 Å². The van der Waals surface area contributed by atoms with Gasteiger partial charge in [-0.3, -0.25) is 0 Å². The Balaban J connectivity index is 0.000000143. The summed E-state index contributed by atoms with van der Waals surface area (Å²) in [4.78, 5) is 0. The minimum Gasteiger partial charge on any atom is -0.508 e. The number of aryl methyl sites for hydroxylation is 3. The summed E-state index contributed by atoms with van der Waals surface area (Å²) in [5.74, 6) is 2.45. The van der Waals surface area contributed by atoms with E-state index in [0.29, 0.717) is 22.3 Å². The monoisotopic (exact) mass is 1750 g/mol. The lowest BCUT2D eigenvalue weighted by Crippen LogP contribution is -2.26. The zero-order valence-corrected chi connectivity index (χ0v) is 74.5. The van der Waals surface area contributed by atoms with E-state index >= 15 is 0 Å². The highest BCUT2D eigenvalue weighted by Gasteiger charge is 2.34. The lowest BCUT2D eigenvalue weighted by Gasteiger charge is -2.33. The average Bonchev–Trinajstić information content (AvgIpc) is 0.754. The zero-order chi connectivity index (χ0) is 94.1. The molecule has 0 bridgehead atoms. The second kappa shape index (κ2) is 41.2. The molecule has 17 aromatic carbocycles. The molecule has 15 nitrogen and oxygen atoms in total. The van der Waals surface area contributed by atoms with Crippen LogP contribution in [0.4, 0.5) is 0 Å². The van der Waals surface area contributed by atoms with E-state index in [1.54, 1.807) is 164 Å². The molecule has 0 unspecified atom stereocenters. The van der Waals surface area contributed by atoms with E-state index in [2.05, 4.69) is 58.9 Å². The van der Waals surface area contributed by atoms with E-state index in [9.17, 15) is 76.6 Å². The molecule has 17 rings (SSSR count). The van der Waals surface area contributed by atoms with Crippen molar-refractivity contribution in [1.82, 2.24) is 0 Å². The summed E-state index contributed by atoms with van der Waals surface area (Å²) in [6.45, 7) is 16.4. The highest BCUT2D eigenvalue weighted by Crippen LogP contribution is 2.47. The van der Waals surface area contributed by atoms with E-state index in [4.69, 9.17) is 0 Å². The van der Waals surface area contributed by atoms with Crippen LogP contribution in [0.25, 0.3) is 0 Å². The van der Waals surface area contributed by atoms with E-state index in [-0.39, 0.29) is 109 Å². The molecule has 0 aliphatic heterocycles. The highest BCUT2D eigenvalue weighted by atomic mass is 16.3. The third kappa shape index (κ3) is 21.9. The van der Waals surface area contributed by atoms with Gasteiger partial charge in [-0.2, -0.15) is 0 Å². The first-order valence-electron chi connectivity index (χ1n) is 43.3. The molecule has 0 radical (unpaired) electrons. The van der Waals surface area contributed by atoms with Gasteiger partial charge in [0.25, 0.3) is 0 Å². The van der Waals surface area contributed by atoms with Crippen molar-refractivity contribution < 1.29 is 76.6 Å². The molecule has 132 heavy (non-hydrogen) atoms. The number of hydrogen-bond acceptors (Lipinski definition) is 15. The van der Waals surface area contributed by atoms with Gasteiger partial charge in [0.05, 0.1) is 0 Å². The number of benzene rings is 17. The molecule has 15 heteroatoms. The number of aromatic hydroxyl groups is 15. The van der Waals surface area contributed by atoms with Gasteiger partial charge in [0.1, 0.15) is 86.2 Å². The van der Waals surface area contributed by atoms with Crippen molar-refractivity contribution in [3.8, 4) is 86.2 Å². The Kier molecular flexibility index (Phi) is 29.2. The third-order valence-corrected chi connectivity index (χ3v) is 24.8. The van der Waals surface area contributed by atoms with Crippen molar-refractivity contribution in [2.24, 2.45) is 0 Å². The Hall–Kier alpha value is -16.3. The van der Waals surface area contributed by atoms with Crippen LogP contribution in [-0.2, 0) is 16.2 Å². The number of phenols is 15. The van der Waals surface area contributed by atoms with Gasteiger partial charge in [-0.1, -0.05) is 282 Å². The Bertz CT molecular complexity index is 6170. The standard InChI is InChI=1S/C32H26O4.C29H28O3.C22H22O3.C19H16O3.C15H16O2/c33-27-13-5-1-9-23(27)31(24-10-2-6-14-28(24)34)21-17-19-22(20-18-21)32(25-11-3-7-15-29(25)35)26-12-4-8-16-30(26)36;1-28(2,21-8-14-25(30)15-9-21)20-4-6-22(7-5-20)29(3,23-10-16-26(31)17-11-23)24-12-18-27(32)19-13-24;1-13-10-16(4-7-19(13)23)22(17-5-8-20(24)14(2)11-17)18-6-9-21(25)15(3)12-18;20-16-7-1-13(2-8-16)19(14-3-9-17(21)10-4-14)15-5-11-18(22)12-6-15;1-15(2,11-3-7-13(16)8-4-11)12-5-9-14(17)10-6-12/h1-20,31-36H;4-19,30-32H,1-3H3;4-12,22-25H,1-3H3;1-12,19-22H;3-10,16-17H,1-2H3. The van der Waals surface area contributed by atoms with E-state index < -0.39 is 17.3 Å². The third-order valence-electron chi connectivity index (χ3n) is 24.8. The predicted octanol–water partition coefficient (Wildman–Crippen LogP) is 25.7. The Morgan fingerprint density at radius 3 is 0.530 bits per heavy atom. The fourth-order valence-electron chi connectivity index (χ4n) is 16.9. The number of para-hydroxylation sites is 4. The van der Waals surface area contributed by atoms with Crippen LogP contribution in [-0.4, -0.2) is 76.6 Å². The van der Waals surface area contributed by atoms with Crippen LogP contribution in [0.3, 0.4) is 0 Å². The van der Waals surface area contributed by atoms with Crippen molar-refractivity contribution in [2.45, 2.75) is 95.3 Å². The molecule has 0 aromatic heterocycles. The first-order valence-corrected chi connectivity index (χ1v) is 43.3. The fraction of sp³-hybridized carbons (Fsp3) is 0.128. The maximum atomic E-state index is 10.7. The molecule has 0 amide bonds. The van der Waals surface area contributed by atoms with Crippen LogP contribution >= 0.6 is 0 Å². The normalized spacial score (nSPS) is 11.3. The van der Waals surface area contributed by atoms with Gasteiger partial charge in [-0.25, -0.2) is 0 Å². The van der Waals surface area contributed by atoms with Gasteiger partial charge in [0.2, 0.25) is 0 Å². The highest BCUT2D eigenvalue weighted by molar-refractivity contribution is 5.60. The van der Waals surface area contributed by atoms with Gasteiger partial charge in [0.15, 0.2) is 0 Å². The minimum absolute atomic E-state index is 0.0400. The van der Waals surface area contributed by atoms with Gasteiger partial charge in [0, 0.05) is 62.2 Å². The predicted molar refractivity (Wildman–Crippen MR) is 522 cm³/mol. The summed E-state index contributed by atoms with van der Waals surface area (Å²) >= 11 is 0. The summed E-state index contributed by atoms with van der Waals surface area (Å²) in [5.41, 5.74) is 20.1. The lowest BCUT2D eigenvalue weighted by molar-refractivity contribution is 0.457. The first kappa shape index (κ1) is 93.4. The molecule has 15 N–H and O–H groups in total. The van der Waals surface area contributed by atoms with E-state index in [0.717, 1.165) is 94.6 Å². The van der Waals surface area contributed by atoms with Crippen LogP contribution in [0, 0.1) is 20.8 Å². The Morgan fingerprint density at radius 1 is 0.159 bits per heavy atom. The van der Waals surface area contributed by atoms with Crippen molar-refractivity contribution >= 4 is 0 Å². The smallest absolute Gasteiger partial charge is 0.119 e. The quantitative estimate of drug-likeness (QED) is 0.0335. The van der Waals surface area contributed by atoms with Gasteiger partial charge in [-0.15, -0.1) is 0 Å². The van der Waals surface area contributed by atoms with Crippen LogP contribution in [0.15, 0.2) is 394 Å². The topological polar surface area (TPSA) is 303 Å². The summed E-state index contributed by atoms with van der Waals surface area (Å²) in [6.07, 6.45) is 0. The van der Waals surface area contributed by atoms with Crippen molar-refractivity contribution in [3.05, 3.63) is 517 Å². The maximum Gasteiger partial charge on any atom is 0.119 e. The molecule has 0 atom stereocenters. The van der Waals surface area contributed by atoms with Crippen molar-refractivity contribution in [2.75, 3.05) is 0 Å². The maximum absolute atomic E-state index is 10.7. The van der Waals surface area contributed by atoms with E-state index in [1.807, 2.05) is 227 Å². The molecule has 0 aliphatic rings. The van der Waals surface area contributed by atoms with Crippen LogP contribution in [0.1, 0.15) is 181 Å². The fourth-order valence-corrected chi connectivity index (χ4v) is 16.9. The molecule has 666 valence electrons. The van der Waals surface area contributed by atoms with Gasteiger partial charge in [-0.05, 0) is 267 Å². The SMILES string of the molecule is CC(C)(c1ccc(O)cc1)c1ccc(C(C)(c2ccc(O)cc2)c2ccc(O)cc2)cc1.CC(C)(c1ccc(O)cc1)c1ccc(O)cc1.Cc1cc(C(c2ccc(O)c(C)c2)c2ccc(O)c(C)c2)ccc1O.Oc1ccc(C(c2ccc(O)cc2)c2ccc(O)cc2)cc1.Oc1ccccc1C(c1ccc(C(c2ccccc2O)c2ccccc2O)cc1)c1ccccc1O. The molecule has 0 saturated carbocycles.